The molecule has 0 spiro atoms. The average molecular weight is 1430 g/mol. The second-order valence-corrected chi connectivity index (χ2v) is 26.7. The summed E-state index contributed by atoms with van der Waals surface area (Å²) in [5.41, 5.74) is 0. The summed E-state index contributed by atoms with van der Waals surface area (Å²) in [6.07, 6.45) is 63.6. The fourth-order valence-electron chi connectivity index (χ4n) is 11.9. The Morgan fingerprint density at radius 2 is 0.686 bits per heavy atom. The first-order valence-electron chi connectivity index (χ1n) is 38.7. The van der Waals surface area contributed by atoms with Crippen LogP contribution in [0.3, 0.4) is 0 Å². The molecule has 3 fully saturated rings. The number of ether oxygens (including phenoxy) is 6. The Bertz CT molecular complexity index is 2460. The third kappa shape index (κ3) is 41.3. The number of rotatable bonds is 58. The Kier molecular flexibility index (Phi) is 55.3. The highest BCUT2D eigenvalue weighted by molar-refractivity contribution is 5.76. The van der Waals surface area contributed by atoms with Gasteiger partial charge in [-0.05, 0) is 116 Å². The van der Waals surface area contributed by atoms with Gasteiger partial charge in [0.2, 0.25) is 5.91 Å². The van der Waals surface area contributed by atoms with Crippen LogP contribution in [0.2, 0.25) is 0 Å². The van der Waals surface area contributed by atoms with Crippen molar-refractivity contribution in [1.29, 1.82) is 0 Å². The summed E-state index contributed by atoms with van der Waals surface area (Å²) in [5.74, 6) is -0.323. The third-order valence-corrected chi connectivity index (χ3v) is 18.1. The van der Waals surface area contributed by atoms with Crippen molar-refractivity contribution in [2.45, 2.75) is 330 Å². The van der Waals surface area contributed by atoms with E-state index in [9.17, 15) is 61.0 Å². The SMILES string of the molecule is CC/C=C\C/C=C\C/C=C\C/C=C\C/C=C\C/C=C\C/C=C\C/C=C\C/C=C\C/C=C\C/C=C\CCCCCC(=O)NC(COC1OC(CO)C(OC2OC(CO)C(OC3OC(CO)C(O)C(O)C3O)C(O)C2O)C(O)C1O)C(O)/C=C/CC/C=C/CCCCCCCCCCCCCCCC. The number of hydrogen-bond acceptors (Lipinski definition) is 18. The zero-order chi connectivity index (χ0) is 73.9. The lowest BCUT2D eigenvalue weighted by atomic mass is 9.96. The van der Waals surface area contributed by atoms with Crippen LogP contribution in [-0.4, -0.2) is 193 Å². The van der Waals surface area contributed by atoms with Gasteiger partial charge in [0.1, 0.15) is 73.2 Å². The van der Waals surface area contributed by atoms with E-state index < -0.39 is 131 Å². The number of carbonyl (C=O) groups excluding carboxylic acids is 1. The number of nitrogens with one attached hydrogen (secondary N) is 1. The van der Waals surface area contributed by atoms with Crippen molar-refractivity contribution in [2.75, 3.05) is 26.4 Å². The van der Waals surface area contributed by atoms with Gasteiger partial charge in [-0.1, -0.05) is 262 Å². The maximum atomic E-state index is 13.4. The first-order chi connectivity index (χ1) is 49.8. The van der Waals surface area contributed by atoms with E-state index in [2.05, 4.69) is 165 Å². The van der Waals surface area contributed by atoms with E-state index in [4.69, 9.17) is 28.4 Å². The fourth-order valence-corrected chi connectivity index (χ4v) is 11.9. The molecule has 580 valence electrons. The molecule has 17 unspecified atom stereocenters. The molecular weight excluding hydrogens is 1300 g/mol. The van der Waals surface area contributed by atoms with Crippen LogP contribution in [-0.2, 0) is 33.2 Å². The second kappa shape index (κ2) is 61.6. The maximum Gasteiger partial charge on any atom is 0.220 e. The molecule has 3 aliphatic heterocycles. The van der Waals surface area contributed by atoms with E-state index in [1.54, 1.807) is 6.08 Å². The number of aliphatic hydroxyl groups is 11. The van der Waals surface area contributed by atoms with Gasteiger partial charge in [0, 0.05) is 6.42 Å². The van der Waals surface area contributed by atoms with Gasteiger partial charge in [0.15, 0.2) is 18.9 Å². The van der Waals surface area contributed by atoms with Crippen molar-refractivity contribution in [3.05, 3.63) is 158 Å². The molecule has 0 saturated carbocycles. The van der Waals surface area contributed by atoms with Crippen molar-refractivity contribution in [3.8, 4) is 0 Å². The lowest BCUT2D eigenvalue weighted by Gasteiger charge is -2.48. The Morgan fingerprint density at radius 1 is 0.363 bits per heavy atom. The molecule has 0 radical (unpaired) electrons. The van der Waals surface area contributed by atoms with E-state index in [0.717, 1.165) is 109 Å². The quantitative estimate of drug-likeness (QED) is 0.0199. The Labute approximate surface area is 612 Å². The predicted molar refractivity (Wildman–Crippen MR) is 405 cm³/mol. The first kappa shape index (κ1) is 91.6. The standard InChI is InChI=1S/C83H135NO18/c1-3-5-7-9-11-13-15-17-19-21-23-25-26-27-28-29-30-31-32-33-34-35-36-37-38-39-40-41-43-45-47-49-51-53-55-57-59-61-71(89)84-66(67(88)60-58-56-54-52-50-48-46-44-42-24-22-20-18-16-14-12-10-8-6-4-2)65-97-81-77(95)74(92)79(69(63-86)99-81)102-83-78(96)75(93)80(70(64-87)100-83)101-82-76(94)73(91)72(90)68(62-85)98-82/h5,7,11,13,17,19,23,25,27-28,30-31,33-34,36-37,39-40,43,45,49-52,58,60,66-70,72-83,85-88,90-96H,3-4,6,8-10,12,14-16,18,20-22,24,26,29,32,35,38,41-42,44,46-48,53-57,59,61-65H2,1-2H3,(H,84,89)/b7-5-,13-11-,19-17-,25-23-,28-27-,31-30-,34-33-,37-36-,40-39-,45-43-,51-49-,52-50+,60-58+. The van der Waals surface area contributed by atoms with Crippen LogP contribution in [0.4, 0.5) is 0 Å². The van der Waals surface area contributed by atoms with Gasteiger partial charge in [-0.25, -0.2) is 0 Å². The molecule has 0 aromatic rings. The summed E-state index contributed by atoms with van der Waals surface area (Å²) in [6, 6.07) is -1.02. The highest BCUT2D eigenvalue weighted by Gasteiger charge is 2.53. The van der Waals surface area contributed by atoms with Crippen LogP contribution < -0.4 is 5.32 Å². The highest BCUT2D eigenvalue weighted by Crippen LogP contribution is 2.33. The number of hydrogen-bond donors (Lipinski definition) is 12. The number of allylic oxidation sites excluding steroid dienone is 25. The van der Waals surface area contributed by atoms with Gasteiger partial charge in [0.25, 0.3) is 0 Å². The van der Waals surface area contributed by atoms with Gasteiger partial charge in [-0.2, -0.15) is 0 Å². The minimum absolute atomic E-state index is 0.185. The molecule has 3 aliphatic rings. The summed E-state index contributed by atoms with van der Waals surface area (Å²) in [6.45, 7) is 1.56. The predicted octanol–water partition coefficient (Wildman–Crippen LogP) is 12.4. The topological polar surface area (TPSA) is 307 Å². The van der Waals surface area contributed by atoms with Gasteiger partial charge >= 0.3 is 0 Å². The molecule has 19 nitrogen and oxygen atoms in total. The summed E-state index contributed by atoms with van der Waals surface area (Å²) < 4.78 is 34.4. The van der Waals surface area contributed by atoms with Crippen molar-refractivity contribution in [2.24, 2.45) is 0 Å². The van der Waals surface area contributed by atoms with Crippen LogP contribution >= 0.6 is 0 Å². The molecular formula is C83H135NO18. The molecule has 0 bridgehead atoms. The van der Waals surface area contributed by atoms with E-state index >= 15 is 0 Å². The molecule has 19 heteroatoms. The minimum atomic E-state index is -1.99. The minimum Gasteiger partial charge on any atom is -0.394 e. The maximum absolute atomic E-state index is 13.4. The average Bonchev–Trinajstić information content (AvgIpc) is 0.778. The Hall–Kier alpha value is -4.59. The van der Waals surface area contributed by atoms with Crippen molar-refractivity contribution in [1.82, 2.24) is 5.32 Å². The monoisotopic (exact) mass is 1430 g/mol. The first-order valence-corrected chi connectivity index (χ1v) is 38.7. The van der Waals surface area contributed by atoms with Crippen molar-refractivity contribution >= 4 is 5.91 Å². The number of unbranched alkanes of at least 4 members (excludes halogenated alkanes) is 18. The van der Waals surface area contributed by atoms with Crippen LogP contribution in [0.5, 0.6) is 0 Å². The second-order valence-electron chi connectivity index (χ2n) is 26.7. The fraction of sp³-hybridized carbons (Fsp3) is 0.675. The van der Waals surface area contributed by atoms with E-state index in [1.165, 1.54) is 83.5 Å². The molecule has 3 saturated heterocycles. The van der Waals surface area contributed by atoms with E-state index in [1.807, 2.05) is 6.08 Å². The molecule has 102 heavy (non-hydrogen) atoms. The summed E-state index contributed by atoms with van der Waals surface area (Å²) in [4.78, 5) is 13.4. The lowest BCUT2D eigenvalue weighted by molar-refractivity contribution is -0.379. The highest BCUT2D eigenvalue weighted by atomic mass is 16.8. The number of carbonyl (C=O) groups is 1. The van der Waals surface area contributed by atoms with Crippen molar-refractivity contribution < 1.29 is 89.4 Å². The van der Waals surface area contributed by atoms with Gasteiger partial charge in [-0.15, -0.1) is 0 Å². The zero-order valence-corrected chi connectivity index (χ0v) is 61.8. The molecule has 12 N–H and O–H groups in total. The molecule has 3 rings (SSSR count). The molecule has 3 heterocycles. The smallest absolute Gasteiger partial charge is 0.220 e. The Morgan fingerprint density at radius 3 is 1.10 bits per heavy atom. The molecule has 1 amide bonds. The zero-order valence-electron chi connectivity index (χ0n) is 61.8. The number of amides is 1. The summed E-state index contributed by atoms with van der Waals surface area (Å²) >= 11 is 0. The largest absolute Gasteiger partial charge is 0.394 e. The molecule has 0 aromatic heterocycles. The van der Waals surface area contributed by atoms with Crippen LogP contribution in [0.1, 0.15) is 226 Å². The molecule has 0 aliphatic carbocycles. The van der Waals surface area contributed by atoms with Crippen LogP contribution in [0, 0.1) is 0 Å². The van der Waals surface area contributed by atoms with E-state index in [0.29, 0.717) is 12.8 Å². The molecule has 17 atom stereocenters. The normalized spacial score (nSPS) is 27.1. The van der Waals surface area contributed by atoms with Crippen molar-refractivity contribution in [3.63, 3.8) is 0 Å². The third-order valence-electron chi connectivity index (χ3n) is 18.1. The van der Waals surface area contributed by atoms with Crippen LogP contribution in [0.15, 0.2) is 158 Å². The van der Waals surface area contributed by atoms with Gasteiger partial charge in [-0.3, -0.25) is 4.79 Å². The Balaban J connectivity index is 1.41. The van der Waals surface area contributed by atoms with Gasteiger partial charge in [0.05, 0.1) is 38.6 Å². The van der Waals surface area contributed by atoms with Crippen LogP contribution in [0.25, 0.3) is 0 Å². The molecule has 0 aromatic carbocycles. The summed E-state index contributed by atoms with van der Waals surface area (Å²) in [5, 5.41) is 121. The van der Waals surface area contributed by atoms with Gasteiger partial charge < -0.3 is 89.9 Å². The van der Waals surface area contributed by atoms with E-state index in [-0.39, 0.29) is 12.3 Å². The summed E-state index contributed by atoms with van der Waals surface area (Å²) in [7, 11) is 0. The number of aliphatic hydroxyl groups excluding tert-OH is 11. The lowest BCUT2D eigenvalue weighted by Crippen LogP contribution is -2.66.